The molecular weight excluding hydrogens is 326 g/mol. The quantitative estimate of drug-likeness (QED) is 0.545. The van der Waals surface area contributed by atoms with Crippen molar-refractivity contribution in [1.82, 2.24) is 15.3 Å². The van der Waals surface area contributed by atoms with Gasteiger partial charge in [0.05, 0.1) is 22.0 Å². The summed E-state index contributed by atoms with van der Waals surface area (Å²) in [6.07, 6.45) is 3.81. The zero-order valence-electron chi connectivity index (χ0n) is 14.0. The molecule has 124 valence electrons. The standard InChI is InChI=1S/C21H19N3S/c1-15(17-13-20-18(23-14-17)10-12-25-20)24-21(16-7-3-2-4-8-16)19-9-5-6-11-22-19/h2-15,21,24H,1H3/t15-,21+/m1/s1. The summed E-state index contributed by atoms with van der Waals surface area (Å²) < 4.78 is 1.22. The van der Waals surface area contributed by atoms with Gasteiger partial charge >= 0.3 is 0 Å². The highest BCUT2D eigenvalue weighted by Crippen LogP contribution is 2.27. The van der Waals surface area contributed by atoms with Gasteiger partial charge in [0.1, 0.15) is 0 Å². The highest BCUT2D eigenvalue weighted by Gasteiger charge is 2.18. The summed E-state index contributed by atoms with van der Waals surface area (Å²) in [7, 11) is 0. The lowest BCUT2D eigenvalue weighted by Crippen LogP contribution is -2.26. The maximum Gasteiger partial charge on any atom is 0.0809 e. The summed E-state index contributed by atoms with van der Waals surface area (Å²) in [5, 5.41) is 5.81. The first-order chi connectivity index (χ1) is 12.3. The second-order valence-corrected chi connectivity index (χ2v) is 7.01. The number of nitrogens with one attached hydrogen (secondary N) is 1. The van der Waals surface area contributed by atoms with E-state index in [0.29, 0.717) is 0 Å². The Morgan fingerprint density at radius 2 is 1.76 bits per heavy atom. The van der Waals surface area contributed by atoms with Crippen molar-refractivity contribution >= 4 is 21.6 Å². The van der Waals surface area contributed by atoms with Crippen molar-refractivity contribution in [1.29, 1.82) is 0 Å². The van der Waals surface area contributed by atoms with Crippen LogP contribution in [0.5, 0.6) is 0 Å². The number of hydrogen-bond donors (Lipinski definition) is 1. The molecule has 0 amide bonds. The Balaban J connectivity index is 1.65. The molecule has 4 rings (SSSR count). The van der Waals surface area contributed by atoms with Crippen molar-refractivity contribution in [3.05, 3.63) is 95.3 Å². The Labute approximate surface area is 151 Å². The predicted molar refractivity (Wildman–Crippen MR) is 104 cm³/mol. The highest BCUT2D eigenvalue weighted by atomic mass is 32.1. The Morgan fingerprint density at radius 3 is 2.56 bits per heavy atom. The minimum absolute atomic E-state index is 0.0384. The molecule has 1 aromatic carbocycles. The molecule has 0 aliphatic rings. The van der Waals surface area contributed by atoms with E-state index in [2.05, 4.69) is 70.1 Å². The molecule has 2 atom stereocenters. The molecule has 0 aliphatic carbocycles. The van der Waals surface area contributed by atoms with E-state index in [1.54, 1.807) is 11.3 Å². The van der Waals surface area contributed by atoms with Crippen LogP contribution in [0.3, 0.4) is 0 Å². The van der Waals surface area contributed by atoms with Crippen molar-refractivity contribution in [2.45, 2.75) is 19.0 Å². The minimum Gasteiger partial charge on any atom is -0.298 e. The Kier molecular flexibility index (Phi) is 4.55. The van der Waals surface area contributed by atoms with Gasteiger partial charge in [-0.15, -0.1) is 11.3 Å². The number of benzene rings is 1. The zero-order chi connectivity index (χ0) is 17.1. The van der Waals surface area contributed by atoms with Crippen LogP contribution in [0.4, 0.5) is 0 Å². The molecule has 3 heterocycles. The third-order valence-corrected chi connectivity index (χ3v) is 5.21. The van der Waals surface area contributed by atoms with Crippen molar-refractivity contribution in [3.8, 4) is 0 Å². The molecule has 4 aromatic rings. The first-order valence-corrected chi connectivity index (χ1v) is 9.24. The first kappa shape index (κ1) is 15.9. The molecule has 0 radical (unpaired) electrons. The molecule has 0 aliphatic heterocycles. The Bertz CT molecular complexity index is 911. The van der Waals surface area contributed by atoms with Crippen LogP contribution in [0.25, 0.3) is 10.2 Å². The summed E-state index contributed by atoms with van der Waals surface area (Å²) in [5.41, 5.74) is 4.47. The normalized spacial score (nSPS) is 13.6. The second-order valence-electron chi connectivity index (χ2n) is 6.06. The molecule has 25 heavy (non-hydrogen) atoms. The molecule has 1 N–H and O–H groups in total. The van der Waals surface area contributed by atoms with Crippen LogP contribution >= 0.6 is 11.3 Å². The molecule has 0 spiro atoms. The van der Waals surface area contributed by atoms with Crippen molar-refractivity contribution in [3.63, 3.8) is 0 Å². The molecule has 0 fully saturated rings. The van der Waals surface area contributed by atoms with Gasteiger partial charge in [0, 0.05) is 18.4 Å². The third-order valence-electron chi connectivity index (χ3n) is 4.36. The van der Waals surface area contributed by atoms with E-state index >= 15 is 0 Å². The van der Waals surface area contributed by atoms with Gasteiger partial charge in [-0.3, -0.25) is 15.3 Å². The maximum atomic E-state index is 4.57. The van der Waals surface area contributed by atoms with Gasteiger partial charge in [-0.1, -0.05) is 36.4 Å². The Morgan fingerprint density at radius 1 is 0.920 bits per heavy atom. The van der Waals surface area contributed by atoms with Crippen LogP contribution in [-0.2, 0) is 0 Å². The molecule has 3 nitrogen and oxygen atoms in total. The number of nitrogens with zero attached hydrogens (tertiary/aromatic N) is 2. The molecule has 0 bridgehead atoms. The number of aromatic nitrogens is 2. The van der Waals surface area contributed by atoms with E-state index in [4.69, 9.17) is 0 Å². The van der Waals surface area contributed by atoms with E-state index < -0.39 is 0 Å². The van der Waals surface area contributed by atoms with Crippen LogP contribution in [-0.4, -0.2) is 9.97 Å². The van der Waals surface area contributed by atoms with Crippen LogP contribution < -0.4 is 5.32 Å². The van der Waals surface area contributed by atoms with E-state index in [9.17, 15) is 0 Å². The van der Waals surface area contributed by atoms with Gasteiger partial charge < -0.3 is 0 Å². The van der Waals surface area contributed by atoms with Crippen LogP contribution in [0.2, 0.25) is 0 Å². The zero-order valence-corrected chi connectivity index (χ0v) is 14.8. The van der Waals surface area contributed by atoms with E-state index in [1.165, 1.54) is 15.8 Å². The maximum absolute atomic E-state index is 4.57. The fourth-order valence-corrected chi connectivity index (χ4v) is 3.78. The average Bonchev–Trinajstić information content (AvgIpc) is 3.15. The van der Waals surface area contributed by atoms with Gasteiger partial charge in [0.25, 0.3) is 0 Å². The number of rotatable bonds is 5. The largest absolute Gasteiger partial charge is 0.298 e. The van der Waals surface area contributed by atoms with E-state index in [0.717, 1.165) is 11.2 Å². The predicted octanol–water partition coefficient (Wildman–Crippen LogP) is 5.13. The molecule has 0 saturated heterocycles. The fraction of sp³-hybridized carbons (Fsp3) is 0.143. The van der Waals surface area contributed by atoms with Gasteiger partial charge in [-0.25, -0.2) is 0 Å². The molecule has 3 aromatic heterocycles. The Hall–Kier alpha value is -2.56. The molecule has 4 heteroatoms. The number of pyridine rings is 2. The van der Waals surface area contributed by atoms with Gasteiger partial charge in [0.2, 0.25) is 0 Å². The molecular formula is C21H19N3S. The fourth-order valence-electron chi connectivity index (χ4n) is 2.99. The lowest BCUT2D eigenvalue weighted by atomic mass is 10.0. The van der Waals surface area contributed by atoms with Crippen LogP contribution in [0, 0.1) is 0 Å². The first-order valence-electron chi connectivity index (χ1n) is 8.36. The van der Waals surface area contributed by atoms with E-state index in [-0.39, 0.29) is 12.1 Å². The molecule has 0 unspecified atom stereocenters. The van der Waals surface area contributed by atoms with Gasteiger partial charge in [-0.05, 0) is 47.7 Å². The number of fused-ring (bicyclic) bond motifs is 1. The second kappa shape index (κ2) is 7.13. The highest BCUT2D eigenvalue weighted by molar-refractivity contribution is 7.17. The topological polar surface area (TPSA) is 37.8 Å². The van der Waals surface area contributed by atoms with Crippen molar-refractivity contribution in [2.75, 3.05) is 0 Å². The summed E-state index contributed by atoms with van der Waals surface area (Å²) in [6.45, 7) is 2.18. The smallest absolute Gasteiger partial charge is 0.0809 e. The third kappa shape index (κ3) is 3.45. The van der Waals surface area contributed by atoms with Crippen LogP contribution in [0.15, 0.2) is 78.4 Å². The SMILES string of the molecule is C[C@@H](N[C@@H](c1ccccc1)c1ccccn1)c1cnc2ccsc2c1. The van der Waals surface area contributed by atoms with Crippen molar-refractivity contribution < 1.29 is 0 Å². The monoisotopic (exact) mass is 345 g/mol. The lowest BCUT2D eigenvalue weighted by Gasteiger charge is -2.23. The van der Waals surface area contributed by atoms with Gasteiger partial charge in [0.15, 0.2) is 0 Å². The average molecular weight is 345 g/mol. The van der Waals surface area contributed by atoms with Gasteiger partial charge in [-0.2, -0.15) is 0 Å². The minimum atomic E-state index is 0.0384. The lowest BCUT2D eigenvalue weighted by molar-refractivity contribution is 0.508. The summed E-state index contributed by atoms with van der Waals surface area (Å²) in [5.74, 6) is 0. The van der Waals surface area contributed by atoms with Crippen LogP contribution in [0.1, 0.15) is 35.8 Å². The van der Waals surface area contributed by atoms with Crippen molar-refractivity contribution in [2.24, 2.45) is 0 Å². The molecule has 0 saturated carbocycles. The number of thiophene rings is 1. The number of hydrogen-bond acceptors (Lipinski definition) is 4. The summed E-state index contributed by atoms with van der Waals surface area (Å²) in [6, 6.07) is 21.0. The summed E-state index contributed by atoms with van der Waals surface area (Å²) in [4.78, 5) is 9.14. The summed E-state index contributed by atoms with van der Waals surface area (Å²) >= 11 is 1.73. The van der Waals surface area contributed by atoms with E-state index in [1.807, 2.05) is 30.6 Å².